The number of nitrogens with one attached hydrogen (secondary N) is 1. The molecule has 1 fully saturated rings. The second-order valence-electron chi connectivity index (χ2n) is 4.85. The Kier molecular flexibility index (Phi) is 7.01. The fraction of sp³-hybridized carbons (Fsp3) is 0.923. The summed E-state index contributed by atoms with van der Waals surface area (Å²) < 4.78 is 0. The number of hydrogen-bond donors (Lipinski definition) is 2. The van der Waals surface area contributed by atoms with Gasteiger partial charge in [0.1, 0.15) is 0 Å². The van der Waals surface area contributed by atoms with E-state index < -0.39 is 0 Å². The molecule has 4 nitrogen and oxygen atoms in total. The summed E-state index contributed by atoms with van der Waals surface area (Å²) in [4.78, 5) is 13.9. The Morgan fingerprint density at radius 2 is 1.94 bits per heavy atom. The van der Waals surface area contributed by atoms with Crippen LogP contribution < -0.4 is 5.32 Å². The fourth-order valence-electron chi connectivity index (χ4n) is 2.26. The van der Waals surface area contributed by atoms with Gasteiger partial charge in [-0.25, -0.2) is 4.79 Å². The standard InChI is InChI=1S/C13H26N2O2/c1-2-3-9-15(10-6-11-16)13(17)14-12-7-4-5-8-12/h12,16H,2-11H2,1H3,(H,14,17). The lowest BCUT2D eigenvalue weighted by Gasteiger charge is -2.24. The number of amides is 2. The highest BCUT2D eigenvalue weighted by Crippen LogP contribution is 2.17. The van der Waals surface area contributed by atoms with Crippen molar-refractivity contribution < 1.29 is 9.90 Å². The van der Waals surface area contributed by atoms with Gasteiger partial charge in [0.15, 0.2) is 0 Å². The maximum absolute atomic E-state index is 12.0. The highest BCUT2D eigenvalue weighted by Gasteiger charge is 2.20. The zero-order valence-electron chi connectivity index (χ0n) is 11.0. The largest absolute Gasteiger partial charge is 0.396 e. The second kappa shape index (κ2) is 8.34. The predicted octanol–water partition coefficient (Wildman–Crippen LogP) is 2.12. The van der Waals surface area contributed by atoms with E-state index >= 15 is 0 Å². The van der Waals surface area contributed by atoms with E-state index in [-0.39, 0.29) is 12.6 Å². The van der Waals surface area contributed by atoms with Crippen LogP contribution in [0.25, 0.3) is 0 Å². The number of aliphatic hydroxyl groups is 1. The van der Waals surface area contributed by atoms with Gasteiger partial charge in [-0.3, -0.25) is 0 Å². The average molecular weight is 242 g/mol. The molecule has 100 valence electrons. The number of aliphatic hydroxyl groups excluding tert-OH is 1. The van der Waals surface area contributed by atoms with Gasteiger partial charge < -0.3 is 15.3 Å². The Labute approximate surface area is 104 Å². The van der Waals surface area contributed by atoms with Crippen LogP contribution in [0, 0.1) is 0 Å². The van der Waals surface area contributed by atoms with Crippen molar-refractivity contribution in [1.29, 1.82) is 0 Å². The van der Waals surface area contributed by atoms with Crippen LogP contribution in [0.4, 0.5) is 4.79 Å². The summed E-state index contributed by atoms with van der Waals surface area (Å²) >= 11 is 0. The normalized spacial score (nSPS) is 16.1. The minimum absolute atomic E-state index is 0.0544. The van der Waals surface area contributed by atoms with Gasteiger partial charge in [-0.1, -0.05) is 26.2 Å². The van der Waals surface area contributed by atoms with Crippen LogP contribution in [0.15, 0.2) is 0 Å². The molecule has 17 heavy (non-hydrogen) atoms. The summed E-state index contributed by atoms with van der Waals surface area (Å²) in [6, 6.07) is 0.430. The van der Waals surface area contributed by atoms with Crippen LogP contribution in [-0.4, -0.2) is 41.8 Å². The Balaban J connectivity index is 2.34. The maximum atomic E-state index is 12.0. The zero-order valence-corrected chi connectivity index (χ0v) is 11.0. The molecule has 0 saturated heterocycles. The van der Waals surface area contributed by atoms with Crippen LogP contribution in [0.2, 0.25) is 0 Å². The Morgan fingerprint density at radius 3 is 2.53 bits per heavy atom. The van der Waals surface area contributed by atoms with Gasteiger partial charge in [-0.05, 0) is 25.7 Å². The lowest BCUT2D eigenvalue weighted by atomic mass is 10.2. The molecule has 0 aliphatic heterocycles. The molecule has 0 aromatic rings. The number of rotatable bonds is 7. The molecule has 2 amide bonds. The molecule has 0 aromatic carbocycles. The first-order valence-corrected chi connectivity index (χ1v) is 6.94. The fourth-order valence-corrected chi connectivity index (χ4v) is 2.26. The van der Waals surface area contributed by atoms with Gasteiger partial charge in [-0.15, -0.1) is 0 Å². The number of nitrogens with zero attached hydrogens (tertiary/aromatic N) is 1. The summed E-state index contributed by atoms with van der Waals surface area (Å²) in [6.07, 6.45) is 7.49. The molecule has 0 heterocycles. The summed E-state index contributed by atoms with van der Waals surface area (Å²) in [7, 11) is 0. The Hall–Kier alpha value is -0.770. The van der Waals surface area contributed by atoms with Crippen molar-refractivity contribution >= 4 is 6.03 Å². The van der Waals surface area contributed by atoms with Crippen molar-refractivity contribution in [2.24, 2.45) is 0 Å². The smallest absolute Gasteiger partial charge is 0.317 e. The minimum Gasteiger partial charge on any atom is -0.396 e. The maximum Gasteiger partial charge on any atom is 0.317 e. The summed E-state index contributed by atoms with van der Waals surface area (Å²) in [5.74, 6) is 0. The molecule has 1 aliphatic rings. The number of hydrogen-bond acceptors (Lipinski definition) is 2. The van der Waals surface area contributed by atoms with Crippen molar-refractivity contribution in [2.45, 2.75) is 57.9 Å². The van der Waals surface area contributed by atoms with E-state index in [9.17, 15) is 4.79 Å². The third-order valence-corrected chi connectivity index (χ3v) is 3.34. The first-order chi connectivity index (χ1) is 8.27. The molecule has 1 rings (SSSR count). The van der Waals surface area contributed by atoms with E-state index in [4.69, 9.17) is 5.11 Å². The zero-order chi connectivity index (χ0) is 12.5. The highest BCUT2D eigenvalue weighted by molar-refractivity contribution is 5.74. The van der Waals surface area contributed by atoms with Crippen LogP contribution in [0.1, 0.15) is 51.9 Å². The molecule has 0 aromatic heterocycles. The van der Waals surface area contributed by atoms with Gasteiger partial charge in [-0.2, -0.15) is 0 Å². The van der Waals surface area contributed by atoms with E-state index in [2.05, 4.69) is 12.2 Å². The first kappa shape index (κ1) is 14.3. The van der Waals surface area contributed by atoms with Gasteiger partial charge >= 0.3 is 6.03 Å². The topological polar surface area (TPSA) is 52.6 Å². The molecule has 0 radical (unpaired) electrons. The Bertz CT molecular complexity index is 207. The van der Waals surface area contributed by atoms with Crippen molar-refractivity contribution in [3.8, 4) is 0 Å². The lowest BCUT2D eigenvalue weighted by molar-refractivity contribution is 0.185. The molecule has 0 atom stereocenters. The quantitative estimate of drug-likeness (QED) is 0.718. The van der Waals surface area contributed by atoms with Gasteiger partial charge in [0.25, 0.3) is 0 Å². The van der Waals surface area contributed by atoms with Gasteiger partial charge in [0.2, 0.25) is 0 Å². The predicted molar refractivity (Wildman–Crippen MR) is 69.0 cm³/mol. The van der Waals surface area contributed by atoms with E-state index in [1.54, 1.807) is 0 Å². The monoisotopic (exact) mass is 242 g/mol. The minimum atomic E-state index is 0.0544. The first-order valence-electron chi connectivity index (χ1n) is 6.94. The number of carbonyl (C=O) groups excluding carboxylic acids is 1. The number of urea groups is 1. The number of unbranched alkanes of at least 4 members (excludes halogenated alkanes) is 1. The van der Waals surface area contributed by atoms with E-state index in [0.717, 1.165) is 32.2 Å². The van der Waals surface area contributed by atoms with Crippen molar-refractivity contribution in [1.82, 2.24) is 10.2 Å². The van der Waals surface area contributed by atoms with E-state index in [1.165, 1.54) is 12.8 Å². The average Bonchev–Trinajstić information content (AvgIpc) is 2.82. The molecule has 4 heteroatoms. The lowest BCUT2D eigenvalue weighted by Crippen LogP contribution is -2.45. The molecule has 0 unspecified atom stereocenters. The molecule has 2 N–H and O–H groups in total. The number of carbonyl (C=O) groups is 1. The van der Waals surface area contributed by atoms with Crippen molar-refractivity contribution in [3.63, 3.8) is 0 Å². The third-order valence-electron chi connectivity index (χ3n) is 3.34. The molecule has 0 bridgehead atoms. The van der Waals surface area contributed by atoms with Gasteiger partial charge in [0.05, 0.1) is 0 Å². The van der Waals surface area contributed by atoms with E-state index in [1.807, 2.05) is 4.90 Å². The molecule has 1 saturated carbocycles. The van der Waals surface area contributed by atoms with Crippen LogP contribution in [0.3, 0.4) is 0 Å². The van der Waals surface area contributed by atoms with Crippen LogP contribution >= 0.6 is 0 Å². The summed E-state index contributed by atoms with van der Waals surface area (Å²) in [5.41, 5.74) is 0. The van der Waals surface area contributed by atoms with Crippen LogP contribution in [0.5, 0.6) is 0 Å². The van der Waals surface area contributed by atoms with Crippen molar-refractivity contribution in [2.75, 3.05) is 19.7 Å². The molecular weight excluding hydrogens is 216 g/mol. The van der Waals surface area contributed by atoms with Gasteiger partial charge in [0, 0.05) is 25.7 Å². The third kappa shape index (κ3) is 5.39. The van der Waals surface area contributed by atoms with E-state index in [0.29, 0.717) is 19.0 Å². The van der Waals surface area contributed by atoms with Crippen molar-refractivity contribution in [3.05, 3.63) is 0 Å². The Morgan fingerprint density at radius 1 is 1.29 bits per heavy atom. The molecule has 1 aliphatic carbocycles. The second-order valence-corrected chi connectivity index (χ2v) is 4.85. The summed E-state index contributed by atoms with van der Waals surface area (Å²) in [5, 5.41) is 12.0. The highest BCUT2D eigenvalue weighted by atomic mass is 16.3. The SMILES string of the molecule is CCCCN(CCCO)C(=O)NC1CCCC1. The molecule has 0 spiro atoms. The van der Waals surface area contributed by atoms with Crippen LogP contribution in [-0.2, 0) is 0 Å². The molecular formula is C13H26N2O2. The summed E-state index contributed by atoms with van der Waals surface area (Å²) in [6.45, 7) is 3.74.